The second kappa shape index (κ2) is 18.4. The molecule has 6 heteroatoms. The van der Waals surface area contributed by atoms with Crippen molar-refractivity contribution in [3.8, 4) is 0 Å². The largest absolute Gasteiger partial charge is 0.294 e. The minimum Gasteiger partial charge on any atom is -0.294 e. The second-order valence-corrected chi connectivity index (χ2v) is 19.7. The monoisotopic (exact) mass is 866 g/mol. The smallest absolute Gasteiger partial charge is 0.163 e. The molecular weight excluding hydrogens is 830 g/mol. The molecule has 54 heavy (non-hydrogen) atoms. The van der Waals surface area contributed by atoms with E-state index in [0.29, 0.717) is 24.0 Å². The molecule has 0 bridgehead atoms. The zero-order valence-electron chi connectivity index (χ0n) is 29.5. The Balaban J connectivity index is 1.40. The van der Waals surface area contributed by atoms with Crippen LogP contribution in [-0.4, -0.2) is 11.6 Å². The quantitative estimate of drug-likeness (QED) is 0.0806. The fourth-order valence-corrected chi connectivity index (χ4v) is 13.4. The van der Waals surface area contributed by atoms with Crippen LogP contribution in [0, 0.1) is 0 Å². The van der Waals surface area contributed by atoms with E-state index in [-0.39, 0.29) is 22.9 Å². The Morgan fingerprint density at radius 2 is 0.704 bits per heavy atom. The van der Waals surface area contributed by atoms with Gasteiger partial charge < -0.3 is 0 Å². The summed E-state index contributed by atoms with van der Waals surface area (Å²) in [6.07, 6.45) is 0.673. The molecule has 7 rings (SSSR count). The fourth-order valence-electron chi connectivity index (χ4n) is 6.97. The number of Topliss-reactive ketones (excluding diaryl/α,β-unsaturated/α-hetero) is 2. The Hall–Kier alpha value is -4.30. The Morgan fingerprint density at radius 3 is 1.02 bits per heavy atom. The van der Waals surface area contributed by atoms with Gasteiger partial charge in [0.1, 0.15) is 0 Å². The molecule has 0 unspecified atom stereocenters. The maximum atomic E-state index is 14.3. The number of rotatable bonds is 14. The third-order valence-corrected chi connectivity index (χ3v) is 16.1. The molecular formula is C48H38Br2O2P2. The predicted molar refractivity (Wildman–Crippen MR) is 236 cm³/mol. The van der Waals surface area contributed by atoms with Crippen molar-refractivity contribution >= 4 is 80.5 Å². The van der Waals surface area contributed by atoms with Gasteiger partial charge >= 0.3 is 0 Å². The van der Waals surface area contributed by atoms with E-state index < -0.39 is 15.8 Å². The van der Waals surface area contributed by atoms with Crippen LogP contribution in [0.1, 0.15) is 56.0 Å². The zero-order valence-corrected chi connectivity index (χ0v) is 34.5. The number of hydrogen-bond donors (Lipinski definition) is 0. The van der Waals surface area contributed by atoms with Crippen LogP contribution < -0.4 is 21.2 Å². The van der Waals surface area contributed by atoms with E-state index in [0.717, 1.165) is 20.1 Å². The minimum atomic E-state index is -1.01. The standard InChI is InChI=1S/C48H38Br2O2P2/c49-39-20-14-16-35(31-39)45(51)33-47(53(41-22-5-1-6-23-41)42-24-7-2-8-25-42)37-18-13-19-38(30-37)48(34-46(52)36-17-15-21-40(50)32-36)54(43-26-9-3-10-27-43)44-28-11-4-12-29-44/h1-32,47-48H,33-34H2/t47-,48-/m0/s1. The van der Waals surface area contributed by atoms with Crippen molar-refractivity contribution in [1.82, 2.24) is 0 Å². The van der Waals surface area contributed by atoms with Crippen molar-refractivity contribution in [2.24, 2.45) is 0 Å². The average Bonchev–Trinajstić information content (AvgIpc) is 3.22. The molecule has 0 saturated heterocycles. The molecule has 7 aromatic rings. The molecule has 7 aromatic carbocycles. The molecule has 0 saturated carbocycles. The molecule has 0 N–H and O–H groups in total. The molecule has 0 aliphatic carbocycles. The number of hydrogen-bond acceptors (Lipinski definition) is 2. The average molecular weight is 869 g/mol. The molecule has 0 fully saturated rings. The Morgan fingerprint density at radius 1 is 0.389 bits per heavy atom. The van der Waals surface area contributed by atoms with Crippen LogP contribution in [0.15, 0.2) is 203 Å². The zero-order chi connectivity index (χ0) is 37.3. The summed E-state index contributed by atoms with van der Waals surface area (Å²) in [5.41, 5.74) is 3.33. The van der Waals surface area contributed by atoms with Gasteiger partial charge in [-0.05, 0) is 72.5 Å². The molecule has 0 aromatic heterocycles. The van der Waals surface area contributed by atoms with E-state index in [4.69, 9.17) is 0 Å². The van der Waals surface area contributed by atoms with E-state index in [1.807, 2.05) is 72.8 Å². The highest BCUT2D eigenvalue weighted by molar-refractivity contribution is 9.10. The van der Waals surface area contributed by atoms with Gasteiger partial charge in [0.25, 0.3) is 0 Å². The van der Waals surface area contributed by atoms with Gasteiger partial charge in [-0.1, -0.05) is 202 Å². The minimum absolute atomic E-state index is 0.100. The molecule has 0 spiro atoms. The SMILES string of the molecule is O=C(C[C@@H](c1cccc([C@H](CC(=O)c2cccc(Br)c2)P(c2ccccc2)c2ccccc2)c1)P(c1ccccc1)c1ccccc1)c1cccc(Br)c1. The van der Waals surface area contributed by atoms with Gasteiger partial charge in [0.2, 0.25) is 0 Å². The van der Waals surface area contributed by atoms with Gasteiger partial charge in [-0.25, -0.2) is 0 Å². The number of ketones is 2. The topological polar surface area (TPSA) is 34.1 Å². The summed E-state index contributed by atoms with van der Waals surface area (Å²) in [7, 11) is -2.02. The van der Waals surface area contributed by atoms with E-state index in [1.54, 1.807) is 0 Å². The summed E-state index contributed by atoms with van der Waals surface area (Å²) in [6.45, 7) is 0. The number of carbonyl (C=O) groups is 2. The normalized spacial score (nSPS) is 12.4. The molecule has 2 nitrogen and oxygen atoms in total. The first-order valence-electron chi connectivity index (χ1n) is 17.9. The van der Waals surface area contributed by atoms with Crippen LogP contribution in [0.4, 0.5) is 0 Å². The highest BCUT2D eigenvalue weighted by Crippen LogP contribution is 2.55. The second-order valence-electron chi connectivity index (χ2n) is 13.1. The summed E-state index contributed by atoms with van der Waals surface area (Å²) in [6, 6.07) is 66.7. The van der Waals surface area contributed by atoms with Crippen molar-refractivity contribution < 1.29 is 9.59 Å². The first-order valence-corrected chi connectivity index (χ1v) is 22.3. The van der Waals surface area contributed by atoms with E-state index in [2.05, 4.69) is 153 Å². The third-order valence-electron chi connectivity index (χ3n) is 9.49. The van der Waals surface area contributed by atoms with Crippen molar-refractivity contribution in [2.45, 2.75) is 24.2 Å². The lowest BCUT2D eigenvalue weighted by Gasteiger charge is -2.32. The molecule has 0 amide bonds. The maximum absolute atomic E-state index is 14.3. The number of carbonyl (C=O) groups excluding carboxylic acids is 2. The Kier molecular flexibility index (Phi) is 12.9. The van der Waals surface area contributed by atoms with Crippen LogP contribution >= 0.6 is 47.7 Å². The van der Waals surface area contributed by atoms with Gasteiger partial charge in [0.15, 0.2) is 11.6 Å². The molecule has 266 valence electrons. The van der Waals surface area contributed by atoms with Crippen LogP contribution in [-0.2, 0) is 0 Å². The van der Waals surface area contributed by atoms with Crippen molar-refractivity contribution in [3.63, 3.8) is 0 Å². The first kappa shape index (κ1) is 38.0. The summed E-state index contributed by atoms with van der Waals surface area (Å²) in [5.74, 6) is 0.201. The summed E-state index contributed by atoms with van der Waals surface area (Å²) in [5, 5.41) is 4.86. The highest BCUT2D eigenvalue weighted by Gasteiger charge is 2.32. The maximum Gasteiger partial charge on any atom is 0.163 e. The first-order chi connectivity index (χ1) is 26.4. The number of benzene rings is 7. The van der Waals surface area contributed by atoms with E-state index in [1.165, 1.54) is 21.2 Å². The molecule has 0 aliphatic heterocycles. The lowest BCUT2D eigenvalue weighted by Crippen LogP contribution is -2.21. The van der Waals surface area contributed by atoms with Crippen molar-refractivity contribution in [2.75, 3.05) is 0 Å². The van der Waals surface area contributed by atoms with Gasteiger partial charge in [0, 0.05) is 44.2 Å². The number of halogens is 2. The van der Waals surface area contributed by atoms with Gasteiger partial charge in [-0.2, -0.15) is 0 Å². The molecule has 0 aliphatic rings. The van der Waals surface area contributed by atoms with Crippen LogP contribution in [0.3, 0.4) is 0 Å². The third kappa shape index (κ3) is 9.31. The predicted octanol–water partition coefficient (Wildman–Crippen LogP) is 12.1. The van der Waals surface area contributed by atoms with E-state index >= 15 is 0 Å². The van der Waals surface area contributed by atoms with Crippen molar-refractivity contribution in [1.29, 1.82) is 0 Å². The van der Waals surface area contributed by atoms with Gasteiger partial charge in [-0.15, -0.1) is 0 Å². The Bertz CT molecular complexity index is 2080. The van der Waals surface area contributed by atoms with Crippen LogP contribution in [0.2, 0.25) is 0 Å². The van der Waals surface area contributed by atoms with E-state index in [9.17, 15) is 9.59 Å². The lowest BCUT2D eigenvalue weighted by atomic mass is 9.97. The summed E-state index contributed by atoms with van der Waals surface area (Å²) >= 11 is 7.17. The van der Waals surface area contributed by atoms with Crippen LogP contribution in [0.5, 0.6) is 0 Å². The molecule has 0 radical (unpaired) electrons. The molecule has 0 heterocycles. The van der Waals surface area contributed by atoms with Gasteiger partial charge in [-0.3, -0.25) is 9.59 Å². The fraction of sp³-hybridized carbons (Fsp3) is 0.0833. The lowest BCUT2D eigenvalue weighted by molar-refractivity contribution is 0.0974. The van der Waals surface area contributed by atoms with Gasteiger partial charge in [0.05, 0.1) is 0 Å². The van der Waals surface area contributed by atoms with Crippen molar-refractivity contribution in [3.05, 3.63) is 225 Å². The summed E-state index contributed by atoms with van der Waals surface area (Å²) < 4.78 is 1.77. The highest BCUT2D eigenvalue weighted by atomic mass is 79.9. The summed E-state index contributed by atoms with van der Waals surface area (Å²) in [4.78, 5) is 28.6. The van der Waals surface area contributed by atoms with Crippen LogP contribution in [0.25, 0.3) is 0 Å². The Labute approximate surface area is 337 Å². The molecule has 2 atom stereocenters.